The summed E-state index contributed by atoms with van der Waals surface area (Å²) >= 11 is 0. The molecule has 2 aliphatic rings. The van der Waals surface area contributed by atoms with Crippen LogP contribution in [-0.4, -0.2) is 19.0 Å². The van der Waals surface area contributed by atoms with E-state index in [0.29, 0.717) is 19.0 Å². The maximum atomic E-state index is 5.58. The average molecular weight is 349 g/mol. The molecule has 1 atom stereocenters. The van der Waals surface area contributed by atoms with Crippen molar-refractivity contribution < 1.29 is 9.47 Å². The van der Waals surface area contributed by atoms with Crippen LogP contribution in [0.2, 0.25) is 0 Å². The van der Waals surface area contributed by atoms with Gasteiger partial charge in [0.05, 0.1) is 13.2 Å². The first-order valence-electron chi connectivity index (χ1n) is 8.94. The van der Waals surface area contributed by atoms with Gasteiger partial charge in [-0.2, -0.15) is 5.11 Å². The van der Waals surface area contributed by atoms with Crippen LogP contribution in [0.25, 0.3) is 0 Å². The van der Waals surface area contributed by atoms with E-state index in [4.69, 9.17) is 14.5 Å². The number of ether oxygens (including phenoxy) is 2. The molecule has 0 radical (unpaired) electrons. The number of amidine groups is 1. The van der Waals surface area contributed by atoms with Crippen LogP contribution >= 0.6 is 0 Å². The molecule has 2 heterocycles. The maximum absolute atomic E-state index is 5.58. The molecule has 2 aromatic carbocycles. The second kappa shape index (κ2) is 6.74. The third-order valence-electron chi connectivity index (χ3n) is 5.34. The lowest BCUT2D eigenvalue weighted by molar-refractivity contribution is -0.0441. The lowest BCUT2D eigenvalue weighted by Gasteiger charge is -2.15. The number of hydrogen-bond donors (Lipinski definition) is 0. The normalized spacial score (nSPS) is 20.0. The molecule has 134 valence electrons. The van der Waals surface area contributed by atoms with Crippen molar-refractivity contribution in [2.24, 2.45) is 15.2 Å². The number of hydrogen-bond acceptors (Lipinski definition) is 5. The van der Waals surface area contributed by atoms with Crippen LogP contribution in [0.15, 0.2) is 45.6 Å². The van der Waals surface area contributed by atoms with Gasteiger partial charge >= 0.3 is 0 Å². The smallest absolute Gasteiger partial charge is 0.188 e. The molecule has 1 unspecified atom stereocenters. The number of benzene rings is 2. The van der Waals surface area contributed by atoms with Gasteiger partial charge in [0.25, 0.3) is 0 Å². The fourth-order valence-electron chi connectivity index (χ4n) is 3.43. The van der Waals surface area contributed by atoms with Crippen LogP contribution in [0.5, 0.6) is 0 Å². The van der Waals surface area contributed by atoms with Gasteiger partial charge in [0.2, 0.25) is 0 Å². The summed E-state index contributed by atoms with van der Waals surface area (Å²) in [6.45, 7) is 9.84. The average Bonchev–Trinajstić information content (AvgIpc) is 3.35. The molecule has 4 rings (SSSR count). The van der Waals surface area contributed by atoms with E-state index < -0.39 is 0 Å². The molecule has 2 aliphatic heterocycles. The van der Waals surface area contributed by atoms with Gasteiger partial charge in [0, 0.05) is 16.7 Å². The maximum Gasteiger partial charge on any atom is 0.188 e. The highest BCUT2D eigenvalue weighted by molar-refractivity contribution is 6.00. The monoisotopic (exact) mass is 349 g/mol. The Kier molecular flexibility index (Phi) is 4.42. The molecule has 0 amide bonds. The van der Waals surface area contributed by atoms with E-state index in [1.807, 2.05) is 24.3 Å². The fraction of sp³-hybridized carbons (Fsp3) is 0.381. The lowest BCUT2D eigenvalue weighted by Crippen LogP contribution is -2.02. The molecule has 0 spiro atoms. The number of rotatable bonds is 3. The summed E-state index contributed by atoms with van der Waals surface area (Å²) < 4.78 is 11.2. The molecule has 26 heavy (non-hydrogen) atoms. The van der Waals surface area contributed by atoms with Crippen LogP contribution in [0.1, 0.15) is 51.4 Å². The van der Waals surface area contributed by atoms with E-state index in [0.717, 1.165) is 16.7 Å². The zero-order valence-electron chi connectivity index (χ0n) is 15.6. The summed E-state index contributed by atoms with van der Waals surface area (Å²) in [4.78, 5) is 4.77. The summed E-state index contributed by atoms with van der Waals surface area (Å²) in [5.74, 6) is 0.658. The first-order valence-corrected chi connectivity index (χ1v) is 8.94. The molecule has 2 aromatic rings. The Bertz CT molecular complexity index is 912. The topological polar surface area (TPSA) is 55.5 Å². The zero-order valence-corrected chi connectivity index (χ0v) is 15.6. The van der Waals surface area contributed by atoms with Crippen molar-refractivity contribution in [2.45, 2.75) is 40.2 Å². The van der Waals surface area contributed by atoms with Crippen molar-refractivity contribution in [3.63, 3.8) is 0 Å². The Labute approximate surface area is 153 Å². The minimum atomic E-state index is -0.297. The molecule has 1 saturated heterocycles. The Hall–Kier alpha value is -2.37. The van der Waals surface area contributed by atoms with E-state index in [1.54, 1.807) is 0 Å². The van der Waals surface area contributed by atoms with Crippen molar-refractivity contribution in [1.29, 1.82) is 0 Å². The van der Waals surface area contributed by atoms with Crippen molar-refractivity contribution >= 4 is 5.84 Å². The van der Waals surface area contributed by atoms with Gasteiger partial charge in [0.1, 0.15) is 0 Å². The standard InChI is InChI=1S/C21H23N3O2/c1-12-10-18(15(4)14(3)13(12)2)20-22-19(23-24-20)16-6-5-7-17(11-16)21-25-8-9-26-21/h5-7,10-11,20-21H,8-9H2,1-4H3. The predicted molar refractivity (Wildman–Crippen MR) is 101 cm³/mol. The van der Waals surface area contributed by atoms with Crippen molar-refractivity contribution in [3.05, 3.63) is 69.3 Å². The first-order chi connectivity index (χ1) is 12.5. The van der Waals surface area contributed by atoms with Crippen LogP contribution in [0.3, 0.4) is 0 Å². The third kappa shape index (κ3) is 2.97. The van der Waals surface area contributed by atoms with E-state index in [9.17, 15) is 0 Å². The minimum Gasteiger partial charge on any atom is -0.346 e. The van der Waals surface area contributed by atoms with E-state index in [1.165, 1.54) is 22.3 Å². The second-order valence-electron chi connectivity index (χ2n) is 6.90. The van der Waals surface area contributed by atoms with Crippen molar-refractivity contribution in [3.8, 4) is 0 Å². The molecular weight excluding hydrogens is 326 g/mol. The number of aliphatic imine (C=N–C) groups is 1. The molecule has 0 saturated carbocycles. The molecule has 0 bridgehead atoms. The van der Waals surface area contributed by atoms with Crippen LogP contribution < -0.4 is 0 Å². The highest BCUT2D eigenvalue weighted by atomic mass is 16.7. The van der Waals surface area contributed by atoms with Crippen LogP contribution in [0, 0.1) is 27.7 Å². The Balaban J connectivity index is 1.65. The van der Waals surface area contributed by atoms with Gasteiger partial charge in [0.15, 0.2) is 18.3 Å². The molecule has 5 heteroatoms. The Morgan fingerprint density at radius 2 is 1.69 bits per heavy atom. The number of azo groups is 1. The lowest BCUT2D eigenvalue weighted by atomic mass is 9.93. The minimum absolute atomic E-state index is 0.273. The molecular formula is C21H23N3O2. The van der Waals surface area contributed by atoms with E-state index >= 15 is 0 Å². The molecule has 0 aliphatic carbocycles. The zero-order chi connectivity index (χ0) is 18.3. The Morgan fingerprint density at radius 1 is 0.923 bits per heavy atom. The van der Waals surface area contributed by atoms with Gasteiger partial charge in [-0.25, -0.2) is 4.99 Å². The Morgan fingerprint density at radius 3 is 2.46 bits per heavy atom. The molecule has 5 nitrogen and oxygen atoms in total. The highest BCUT2D eigenvalue weighted by Gasteiger charge is 2.23. The van der Waals surface area contributed by atoms with Gasteiger partial charge in [-0.15, -0.1) is 5.11 Å². The van der Waals surface area contributed by atoms with E-state index in [-0.39, 0.29) is 12.5 Å². The summed E-state index contributed by atoms with van der Waals surface area (Å²) in [6, 6.07) is 10.2. The summed E-state index contributed by atoms with van der Waals surface area (Å²) in [7, 11) is 0. The fourth-order valence-corrected chi connectivity index (χ4v) is 3.43. The summed E-state index contributed by atoms with van der Waals surface area (Å²) in [6.07, 6.45) is -0.569. The summed E-state index contributed by atoms with van der Waals surface area (Å²) in [5.41, 5.74) is 8.18. The predicted octanol–water partition coefficient (Wildman–Crippen LogP) is 4.88. The molecule has 1 fully saturated rings. The van der Waals surface area contributed by atoms with Crippen LogP contribution in [-0.2, 0) is 9.47 Å². The summed E-state index contributed by atoms with van der Waals surface area (Å²) in [5, 5.41) is 8.77. The number of aryl methyl sites for hydroxylation is 1. The number of nitrogens with zero attached hydrogens (tertiary/aromatic N) is 3. The highest BCUT2D eigenvalue weighted by Crippen LogP contribution is 2.33. The molecule has 0 N–H and O–H groups in total. The first kappa shape index (κ1) is 17.1. The molecule has 0 aromatic heterocycles. The third-order valence-corrected chi connectivity index (χ3v) is 5.34. The van der Waals surface area contributed by atoms with Crippen molar-refractivity contribution in [2.75, 3.05) is 13.2 Å². The van der Waals surface area contributed by atoms with Gasteiger partial charge < -0.3 is 9.47 Å². The second-order valence-corrected chi connectivity index (χ2v) is 6.90. The van der Waals surface area contributed by atoms with E-state index in [2.05, 4.69) is 44.0 Å². The van der Waals surface area contributed by atoms with Crippen molar-refractivity contribution in [1.82, 2.24) is 0 Å². The SMILES string of the molecule is Cc1cc(C2N=NC(c3cccc(C4OCCO4)c3)=N2)c(C)c(C)c1C. The van der Waals surface area contributed by atoms with Crippen LogP contribution in [0.4, 0.5) is 0 Å². The van der Waals surface area contributed by atoms with Gasteiger partial charge in [-0.05, 0) is 56.0 Å². The van der Waals surface area contributed by atoms with Gasteiger partial charge in [-0.3, -0.25) is 0 Å². The largest absolute Gasteiger partial charge is 0.346 e. The van der Waals surface area contributed by atoms with Gasteiger partial charge in [-0.1, -0.05) is 24.3 Å². The quantitative estimate of drug-likeness (QED) is 0.793.